The van der Waals surface area contributed by atoms with Crippen molar-refractivity contribution in [2.45, 2.75) is 62.6 Å². The van der Waals surface area contributed by atoms with E-state index >= 15 is 0 Å². The van der Waals surface area contributed by atoms with Gasteiger partial charge < -0.3 is 10.2 Å². The number of hydrogen-bond acceptors (Lipinski definition) is 4. The minimum atomic E-state index is -4.19. The van der Waals surface area contributed by atoms with Crippen LogP contribution in [0.2, 0.25) is 5.02 Å². The SMILES string of the molecule is Cc1cccc(N(CC(=O)N(Cc2ccccc2)[C@H](Cc2ccccc2)C(=O)NC2CCCC2)S(=O)(=O)c2ccc(Cl)cc2)c1. The van der Waals surface area contributed by atoms with Gasteiger partial charge in [-0.2, -0.15) is 0 Å². The lowest BCUT2D eigenvalue weighted by Gasteiger charge is -2.34. The molecule has 45 heavy (non-hydrogen) atoms. The molecule has 0 saturated heterocycles. The molecule has 234 valence electrons. The van der Waals surface area contributed by atoms with E-state index < -0.39 is 28.5 Å². The number of rotatable bonds is 12. The molecule has 1 saturated carbocycles. The Morgan fingerprint density at radius 1 is 0.844 bits per heavy atom. The van der Waals surface area contributed by atoms with Crippen molar-refractivity contribution in [3.63, 3.8) is 0 Å². The smallest absolute Gasteiger partial charge is 0.264 e. The summed E-state index contributed by atoms with van der Waals surface area (Å²) < 4.78 is 29.4. The molecule has 0 aliphatic heterocycles. The first-order chi connectivity index (χ1) is 21.7. The summed E-state index contributed by atoms with van der Waals surface area (Å²) in [5.74, 6) is -0.724. The highest BCUT2D eigenvalue weighted by molar-refractivity contribution is 7.92. The molecule has 1 aliphatic rings. The third-order valence-corrected chi connectivity index (χ3v) is 10.2. The number of nitrogens with one attached hydrogen (secondary N) is 1. The zero-order valence-electron chi connectivity index (χ0n) is 25.3. The van der Waals surface area contributed by atoms with E-state index in [1.54, 1.807) is 18.2 Å². The van der Waals surface area contributed by atoms with E-state index in [2.05, 4.69) is 5.32 Å². The summed E-state index contributed by atoms with van der Waals surface area (Å²) in [4.78, 5) is 30.1. The lowest BCUT2D eigenvalue weighted by atomic mass is 10.0. The van der Waals surface area contributed by atoms with Crippen molar-refractivity contribution in [1.82, 2.24) is 10.2 Å². The Bertz CT molecular complexity index is 1690. The van der Waals surface area contributed by atoms with Gasteiger partial charge in [-0.05, 0) is 72.9 Å². The Balaban J connectivity index is 1.55. The lowest BCUT2D eigenvalue weighted by molar-refractivity contribution is -0.140. The van der Waals surface area contributed by atoms with Crippen molar-refractivity contribution < 1.29 is 18.0 Å². The summed E-state index contributed by atoms with van der Waals surface area (Å²) >= 11 is 6.07. The number of benzene rings is 4. The van der Waals surface area contributed by atoms with E-state index in [4.69, 9.17) is 11.6 Å². The molecule has 1 aliphatic carbocycles. The fourth-order valence-corrected chi connectivity index (χ4v) is 7.28. The van der Waals surface area contributed by atoms with Crippen LogP contribution in [-0.2, 0) is 32.6 Å². The molecule has 1 atom stereocenters. The third kappa shape index (κ3) is 8.32. The van der Waals surface area contributed by atoms with Gasteiger partial charge in [-0.3, -0.25) is 13.9 Å². The Labute approximate surface area is 270 Å². The van der Waals surface area contributed by atoms with Crippen LogP contribution in [0, 0.1) is 6.92 Å². The highest BCUT2D eigenvalue weighted by atomic mass is 35.5. The highest BCUT2D eigenvalue weighted by Crippen LogP contribution is 2.27. The first-order valence-electron chi connectivity index (χ1n) is 15.2. The summed E-state index contributed by atoms with van der Waals surface area (Å²) in [6.07, 6.45) is 4.18. The van der Waals surface area contributed by atoms with Crippen LogP contribution in [0.15, 0.2) is 114 Å². The monoisotopic (exact) mass is 643 g/mol. The maximum absolute atomic E-state index is 14.5. The topological polar surface area (TPSA) is 86.8 Å². The van der Waals surface area contributed by atoms with Gasteiger partial charge in [0.1, 0.15) is 12.6 Å². The van der Waals surface area contributed by atoms with Gasteiger partial charge in [0, 0.05) is 24.0 Å². The second kappa shape index (κ2) is 14.8. The van der Waals surface area contributed by atoms with Gasteiger partial charge in [-0.15, -0.1) is 0 Å². The summed E-state index contributed by atoms with van der Waals surface area (Å²) in [7, 11) is -4.19. The van der Waals surface area contributed by atoms with E-state index in [1.165, 1.54) is 29.2 Å². The molecule has 0 bridgehead atoms. The summed E-state index contributed by atoms with van der Waals surface area (Å²) in [6.45, 7) is 1.50. The fourth-order valence-electron chi connectivity index (χ4n) is 5.75. The number of hydrogen-bond donors (Lipinski definition) is 1. The van der Waals surface area contributed by atoms with E-state index in [-0.39, 0.29) is 29.8 Å². The van der Waals surface area contributed by atoms with Crippen LogP contribution in [0.3, 0.4) is 0 Å². The Morgan fingerprint density at radius 2 is 1.47 bits per heavy atom. The number of nitrogens with zero attached hydrogens (tertiary/aromatic N) is 2. The van der Waals surface area contributed by atoms with Crippen LogP contribution >= 0.6 is 11.6 Å². The van der Waals surface area contributed by atoms with Gasteiger partial charge in [0.15, 0.2) is 0 Å². The largest absolute Gasteiger partial charge is 0.352 e. The minimum Gasteiger partial charge on any atom is -0.352 e. The van der Waals surface area contributed by atoms with Crippen molar-refractivity contribution in [2.24, 2.45) is 0 Å². The maximum atomic E-state index is 14.5. The standard InChI is InChI=1S/C36H38ClN3O4S/c1-27-11-10-18-32(23-27)40(45(43,44)33-21-19-30(37)20-22-33)26-35(41)39(25-29-14-6-3-7-15-29)34(24-28-12-4-2-5-13-28)36(42)38-31-16-8-9-17-31/h2-7,10-15,18-23,31,34H,8-9,16-17,24-26H2,1H3,(H,38,42)/t34-/m1/s1. The molecule has 9 heteroatoms. The molecule has 5 rings (SSSR count). The van der Waals surface area contributed by atoms with E-state index in [9.17, 15) is 18.0 Å². The summed E-state index contributed by atoms with van der Waals surface area (Å²) in [6, 6.07) is 31.1. The predicted octanol–water partition coefficient (Wildman–Crippen LogP) is 6.54. The normalized spacial score (nSPS) is 14.1. The fraction of sp³-hybridized carbons (Fsp3) is 0.278. The first-order valence-corrected chi connectivity index (χ1v) is 17.1. The first kappa shape index (κ1) is 32.3. The third-order valence-electron chi connectivity index (χ3n) is 8.14. The Kier molecular flexibility index (Phi) is 10.6. The van der Waals surface area contributed by atoms with Crippen molar-refractivity contribution in [2.75, 3.05) is 10.8 Å². The summed E-state index contributed by atoms with van der Waals surface area (Å²) in [5, 5.41) is 3.60. The molecule has 0 unspecified atom stereocenters. The molecule has 1 fully saturated rings. The maximum Gasteiger partial charge on any atom is 0.264 e. The zero-order chi connectivity index (χ0) is 31.8. The number of halogens is 1. The molecule has 2 amide bonds. The van der Waals surface area contributed by atoms with E-state index in [0.717, 1.165) is 46.7 Å². The number of anilines is 1. The van der Waals surface area contributed by atoms with Crippen LogP contribution in [0.5, 0.6) is 0 Å². The van der Waals surface area contributed by atoms with Gasteiger partial charge in [0.2, 0.25) is 11.8 Å². The molecule has 0 radical (unpaired) electrons. The van der Waals surface area contributed by atoms with Crippen LogP contribution in [0.25, 0.3) is 0 Å². The van der Waals surface area contributed by atoms with Crippen molar-refractivity contribution in [3.8, 4) is 0 Å². The molecular weight excluding hydrogens is 606 g/mol. The van der Waals surface area contributed by atoms with Gasteiger partial charge in [0.25, 0.3) is 10.0 Å². The Morgan fingerprint density at radius 3 is 2.09 bits per heavy atom. The molecule has 4 aromatic rings. The molecule has 4 aromatic carbocycles. The van der Waals surface area contributed by atoms with Crippen LogP contribution in [0.1, 0.15) is 42.4 Å². The highest BCUT2D eigenvalue weighted by Gasteiger charge is 2.35. The molecule has 0 heterocycles. The van der Waals surface area contributed by atoms with Crippen LogP contribution in [-0.4, -0.2) is 43.8 Å². The lowest BCUT2D eigenvalue weighted by Crippen LogP contribution is -2.54. The Hall–Kier alpha value is -4.14. The number of amides is 2. The molecule has 0 aromatic heterocycles. The van der Waals surface area contributed by atoms with Crippen molar-refractivity contribution >= 4 is 39.1 Å². The second-order valence-corrected chi connectivity index (χ2v) is 13.8. The van der Waals surface area contributed by atoms with Crippen LogP contribution in [0.4, 0.5) is 5.69 Å². The molecular formula is C36H38ClN3O4S. The number of aryl methyl sites for hydroxylation is 1. The van der Waals surface area contributed by atoms with Crippen molar-refractivity contribution in [3.05, 3.63) is 131 Å². The van der Waals surface area contributed by atoms with E-state index in [0.29, 0.717) is 10.7 Å². The summed E-state index contributed by atoms with van der Waals surface area (Å²) in [5.41, 5.74) is 2.93. The van der Waals surface area contributed by atoms with Gasteiger partial charge >= 0.3 is 0 Å². The van der Waals surface area contributed by atoms with Gasteiger partial charge in [-0.1, -0.05) is 97.2 Å². The quantitative estimate of drug-likeness (QED) is 0.190. The number of carbonyl (C=O) groups is 2. The molecule has 7 nitrogen and oxygen atoms in total. The number of sulfonamides is 1. The average Bonchev–Trinajstić information content (AvgIpc) is 3.55. The van der Waals surface area contributed by atoms with E-state index in [1.807, 2.05) is 73.7 Å². The zero-order valence-corrected chi connectivity index (χ0v) is 26.9. The number of carbonyl (C=O) groups excluding carboxylic acids is 2. The van der Waals surface area contributed by atoms with Crippen LogP contribution < -0.4 is 9.62 Å². The molecule has 1 N–H and O–H groups in total. The second-order valence-electron chi connectivity index (χ2n) is 11.5. The molecule has 0 spiro atoms. The van der Waals surface area contributed by atoms with Crippen molar-refractivity contribution in [1.29, 1.82) is 0 Å². The minimum absolute atomic E-state index is 0.00984. The predicted molar refractivity (Wildman–Crippen MR) is 178 cm³/mol. The van der Waals surface area contributed by atoms with Gasteiger partial charge in [-0.25, -0.2) is 8.42 Å². The van der Waals surface area contributed by atoms with Gasteiger partial charge in [0.05, 0.1) is 10.6 Å². The average molecular weight is 644 g/mol.